The minimum absolute atomic E-state index is 0.375. The second-order valence-electron chi connectivity index (χ2n) is 2.61. The van der Waals surface area contributed by atoms with Gasteiger partial charge in [0.15, 0.2) is 0 Å². The van der Waals surface area contributed by atoms with Crippen LogP contribution in [0.4, 0.5) is 0 Å². The van der Waals surface area contributed by atoms with E-state index in [0.717, 1.165) is 6.54 Å². The Morgan fingerprint density at radius 3 is 2.50 bits per heavy atom. The van der Waals surface area contributed by atoms with Crippen molar-refractivity contribution in [2.45, 2.75) is 13.0 Å². The largest absolute Gasteiger partial charge is 0.367 e. The number of thiol groups is 1. The molecule has 10 heavy (non-hydrogen) atoms. The highest BCUT2D eigenvalue weighted by Gasteiger charge is 2.01. The molecule has 0 bridgehead atoms. The third-order valence-electron chi connectivity index (χ3n) is 1.01. The normalized spacial score (nSPS) is 13.3. The molecule has 1 unspecified atom stereocenters. The summed E-state index contributed by atoms with van der Waals surface area (Å²) in [5, 5.41) is 3.03. The van der Waals surface area contributed by atoms with Gasteiger partial charge in [0.1, 0.15) is 4.32 Å². The molecule has 2 nitrogen and oxygen atoms in total. The lowest BCUT2D eigenvalue weighted by molar-refractivity contribution is 0.371. The molecule has 0 rings (SSSR count). The Morgan fingerprint density at radius 2 is 2.20 bits per heavy atom. The van der Waals surface area contributed by atoms with Gasteiger partial charge >= 0.3 is 0 Å². The van der Waals surface area contributed by atoms with Gasteiger partial charge in [0.25, 0.3) is 0 Å². The highest BCUT2D eigenvalue weighted by atomic mass is 32.1. The van der Waals surface area contributed by atoms with E-state index in [1.54, 1.807) is 0 Å². The number of nitrogens with zero attached hydrogens (tertiary/aromatic N) is 1. The van der Waals surface area contributed by atoms with E-state index in [2.05, 4.69) is 29.8 Å². The molecule has 0 saturated carbocycles. The molecule has 4 heteroatoms. The maximum absolute atomic E-state index is 4.76. The molecule has 60 valence electrons. The number of hydrogen-bond acceptors (Lipinski definition) is 2. The van der Waals surface area contributed by atoms with E-state index in [0.29, 0.717) is 10.4 Å². The van der Waals surface area contributed by atoms with Gasteiger partial charge in [-0.05, 0) is 21.0 Å². The predicted octanol–water partition coefficient (Wildman–Crippen LogP) is 0.741. The van der Waals surface area contributed by atoms with Crippen molar-refractivity contribution in [3.8, 4) is 0 Å². The van der Waals surface area contributed by atoms with Crippen LogP contribution in [0.1, 0.15) is 6.92 Å². The molecule has 0 fully saturated rings. The smallest absolute Gasteiger partial charge is 0.130 e. The average Bonchev–Trinajstić information content (AvgIpc) is 1.58. The molecule has 0 aromatic heterocycles. The standard InChI is InChI=1S/C6H14N2S2/c1-5(4-8(2)3)7-6(9)10/h5H,4H2,1-3H3,(H2,7,9,10). The summed E-state index contributed by atoms with van der Waals surface area (Å²) >= 11 is 8.72. The first-order chi connectivity index (χ1) is 4.52. The van der Waals surface area contributed by atoms with Crippen LogP contribution in [0.3, 0.4) is 0 Å². The first-order valence-corrected chi connectivity index (χ1v) is 4.02. The lowest BCUT2D eigenvalue weighted by atomic mass is 10.3. The summed E-state index contributed by atoms with van der Waals surface area (Å²) in [7, 11) is 4.06. The zero-order valence-electron chi connectivity index (χ0n) is 6.59. The van der Waals surface area contributed by atoms with Crippen LogP contribution in [0.25, 0.3) is 0 Å². The van der Waals surface area contributed by atoms with Gasteiger partial charge in [-0.25, -0.2) is 0 Å². The number of hydrogen-bond donors (Lipinski definition) is 2. The molecule has 0 aromatic rings. The molecule has 0 radical (unpaired) electrons. The number of likely N-dealkylation sites (N-methyl/N-ethyl adjacent to an activating group) is 1. The molecule has 0 saturated heterocycles. The zero-order chi connectivity index (χ0) is 8.15. The van der Waals surface area contributed by atoms with Gasteiger partial charge in [-0.1, -0.05) is 12.2 Å². The van der Waals surface area contributed by atoms with E-state index in [-0.39, 0.29) is 0 Å². The molecule has 0 aliphatic carbocycles. The van der Waals surface area contributed by atoms with E-state index >= 15 is 0 Å². The second-order valence-corrected chi connectivity index (χ2v) is 3.77. The van der Waals surface area contributed by atoms with Crippen LogP contribution in [0.5, 0.6) is 0 Å². The summed E-state index contributed by atoms with van der Waals surface area (Å²) in [6, 6.07) is 0.375. The molecule has 0 heterocycles. The van der Waals surface area contributed by atoms with Gasteiger partial charge in [-0.3, -0.25) is 0 Å². The van der Waals surface area contributed by atoms with Gasteiger partial charge in [0, 0.05) is 12.6 Å². The van der Waals surface area contributed by atoms with E-state index < -0.39 is 0 Å². The Bertz CT molecular complexity index is 114. The highest BCUT2D eigenvalue weighted by molar-refractivity contribution is 8.11. The topological polar surface area (TPSA) is 15.3 Å². The molecule has 0 aliphatic heterocycles. The van der Waals surface area contributed by atoms with Crippen molar-refractivity contribution in [3.63, 3.8) is 0 Å². The molecule has 1 atom stereocenters. The van der Waals surface area contributed by atoms with Crippen LogP contribution >= 0.6 is 24.8 Å². The predicted molar refractivity (Wildman–Crippen MR) is 52.7 cm³/mol. The van der Waals surface area contributed by atoms with E-state index in [1.807, 2.05) is 14.1 Å². The third kappa shape index (κ3) is 6.32. The second kappa shape index (κ2) is 4.93. The van der Waals surface area contributed by atoms with Crippen molar-refractivity contribution < 1.29 is 0 Å². The van der Waals surface area contributed by atoms with Crippen LogP contribution in [-0.4, -0.2) is 35.9 Å². The molecule has 0 aliphatic rings. The Labute approximate surface area is 73.4 Å². The molecular formula is C6H14N2S2. The van der Waals surface area contributed by atoms with E-state index in [9.17, 15) is 0 Å². The summed E-state index contributed by atoms with van der Waals surface area (Å²) in [4.78, 5) is 2.10. The van der Waals surface area contributed by atoms with E-state index in [4.69, 9.17) is 12.2 Å². The van der Waals surface area contributed by atoms with Gasteiger partial charge in [0.2, 0.25) is 0 Å². The Kier molecular flexibility index (Phi) is 5.03. The summed E-state index contributed by atoms with van der Waals surface area (Å²) < 4.78 is 0.564. The van der Waals surface area contributed by atoms with Crippen LogP contribution in [-0.2, 0) is 0 Å². The van der Waals surface area contributed by atoms with Crippen LogP contribution in [0.2, 0.25) is 0 Å². The van der Waals surface area contributed by atoms with Gasteiger partial charge in [-0.2, -0.15) is 0 Å². The van der Waals surface area contributed by atoms with Crippen molar-refractivity contribution in [3.05, 3.63) is 0 Å². The van der Waals surface area contributed by atoms with Gasteiger partial charge in [0.05, 0.1) is 0 Å². The minimum atomic E-state index is 0.375. The van der Waals surface area contributed by atoms with Crippen molar-refractivity contribution >= 4 is 29.2 Å². The Morgan fingerprint density at radius 1 is 1.70 bits per heavy atom. The first-order valence-electron chi connectivity index (χ1n) is 3.16. The molecular weight excluding hydrogens is 164 g/mol. The van der Waals surface area contributed by atoms with Gasteiger partial charge in [-0.15, -0.1) is 12.6 Å². The summed E-state index contributed by atoms with van der Waals surface area (Å²) in [6.45, 7) is 3.04. The van der Waals surface area contributed by atoms with Crippen LogP contribution < -0.4 is 5.32 Å². The summed E-state index contributed by atoms with van der Waals surface area (Å²) in [6.07, 6.45) is 0. The van der Waals surface area contributed by atoms with Crippen molar-refractivity contribution in [1.82, 2.24) is 10.2 Å². The number of nitrogens with one attached hydrogen (secondary N) is 1. The lowest BCUT2D eigenvalue weighted by Crippen LogP contribution is -2.36. The van der Waals surface area contributed by atoms with Gasteiger partial charge < -0.3 is 10.2 Å². The highest BCUT2D eigenvalue weighted by Crippen LogP contribution is 1.87. The van der Waals surface area contributed by atoms with Crippen LogP contribution in [0, 0.1) is 0 Å². The Balaban J connectivity index is 3.43. The van der Waals surface area contributed by atoms with Crippen molar-refractivity contribution in [2.24, 2.45) is 0 Å². The third-order valence-corrected chi connectivity index (χ3v) is 1.26. The van der Waals surface area contributed by atoms with Crippen molar-refractivity contribution in [2.75, 3.05) is 20.6 Å². The molecule has 1 N–H and O–H groups in total. The SMILES string of the molecule is CC(CN(C)C)NC(=S)S. The first kappa shape index (κ1) is 10.2. The maximum Gasteiger partial charge on any atom is 0.130 e. The molecule has 0 spiro atoms. The minimum Gasteiger partial charge on any atom is -0.367 e. The van der Waals surface area contributed by atoms with Crippen LogP contribution in [0.15, 0.2) is 0 Å². The summed E-state index contributed by atoms with van der Waals surface area (Å²) in [5.74, 6) is 0. The average molecular weight is 178 g/mol. The fourth-order valence-corrected chi connectivity index (χ4v) is 1.23. The molecule has 0 aromatic carbocycles. The number of rotatable bonds is 3. The lowest BCUT2D eigenvalue weighted by Gasteiger charge is -2.17. The quantitative estimate of drug-likeness (QED) is 0.490. The van der Waals surface area contributed by atoms with Crippen molar-refractivity contribution in [1.29, 1.82) is 0 Å². The Hall–Kier alpha value is 0.200. The summed E-state index contributed by atoms with van der Waals surface area (Å²) in [5.41, 5.74) is 0. The fraction of sp³-hybridized carbons (Fsp3) is 0.833. The monoisotopic (exact) mass is 178 g/mol. The number of thiocarbonyl (C=S) groups is 1. The zero-order valence-corrected chi connectivity index (χ0v) is 8.30. The maximum atomic E-state index is 4.76. The molecule has 0 amide bonds. The fourth-order valence-electron chi connectivity index (χ4n) is 0.804. The van der Waals surface area contributed by atoms with E-state index in [1.165, 1.54) is 0 Å².